The molecular formula is C48H42N2. The van der Waals surface area contributed by atoms with E-state index in [-0.39, 0.29) is 0 Å². The van der Waals surface area contributed by atoms with Gasteiger partial charge in [0.25, 0.3) is 0 Å². The number of hydrogen-bond acceptors (Lipinski definition) is 2. The summed E-state index contributed by atoms with van der Waals surface area (Å²) in [6.45, 7) is 0. The van der Waals surface area contributed by atoms with E-state index < -0.39 is 0 Å². The summed E-state index contributed by atoms with van der Waals surface area (Å²) in [5, 5.41) is 0. The van der Waals surface area contributed by atoms with Crippen LogP contribution < -0.4 is 9.80 Å². The summed E-state index contributed by atoms with van der Waals surface area (Å²) in [6.07, 6.45) is 22.7. The second kappa shape index (κ2) is 14.7. The molecule has 0 bridgehead atoms. The van der Waals surface area contributed by atoms with Gasteiger partial charge in [-0.05, 0) is 127 Å². The maximum atomic E-state index is 2.44. The lowest BCUT2D eigenvalue weighted by atomic mass is 9.89. The van der Waals surface area contributed by atoms with Gasteiger partial charge in [0.05, 0.1) is 0 Å². The van der Waals surface area contributed by atoms with Gasteiger partial charge in [-0.15, -0.1) is 0 Å². The number of nitrogens with zero attached hydrogens (tertiary/aromatic N) is 2. The van der Waals surface area contributed by atoms with Gasteiger partial charge in [-0.2, -0.15) is 0 Å². The van der Waals surface area contributed by atoms with Gasteiger partial charge in [-0.1, -0.05) is 127 Å². The molecule has 0 radical (unpaired) electrons. The van der Waals surface area contributed by atoms with Crippen LogP contribution in [0.4, 0.5) is 17.1 Å². The normalized spacial score (nSPS) is 15.6. The highest BCUT2D eigenvalue weighted by Crippen LogP contribution is 2.39. The molecular weight excluding hydrogens is 605 g/mol. The minimum Gasteiger partial charge on any atom is -0.315 e. The summed E-state index contributed by atoms with van der Waals surface area (Å²) in [7, 11) is 0. The van der Waals surface area contributed by atoms with Crippen molar-refractivity contribution < 1.29 is 0 Å². The lowest BCUT2D eigenvalue weighted by molar-refractivity contribution is 0.820. The third-order valence-electron chi connectivity index (χ3n) is 9.95. The number of benzene rings is 5. The number of para-hydroxylation sites is 1. The predicted molar refractivity (Wildman–Crippen MR) is 212 cm³/mol. The molecule has 2 nitrogen and oxygen atoms in total. The van der Waals surface area contributed by atoms with Gasteiger partial charge in [0, 0.05) is 34.2 Å². The molecule has 50 heavy (non-hydrogen) atoms. The fourth-order valence-electron chi connectivity index (χ4n) is 7.33. The Morgan fingerprint density at radius 2 is 0.800 bits per heavy atom. The van der Waals surface area contributed by atoms with Gasteiger partial charge >= 0.3 is 0 Å². The van der Waals surface area contributed by atoms with Crippen LogP contribution in [-0.4, -0.2) is 0 Å². The first kappa shape index (κ1) is 31.4. The van der Waals surface area contributed by atoms with Gasteiger partial charge in [0.15, 0.2) is 0 Å². The van der Waals surface area contributed by atoms with Crippen LogP contribution >= 0.6 is 0 Å². The quantitative estimate of drug-likeness (QED) is 0.157. The molecule has 5 aromatic rings. The van der Waals surface area contributed by atoms with Crippen molar-refractivity contribution in [2.75, 3.05) is 9.80 Å². The summed E-state index contributed by atoms with van der Waals surface area (Å²) in [6, 6.07) is 50.1. The lowest BCUT2D eigenvalue weighted by Crippen LogP contribution is -2.23. The minimum absolute atomic E-state index is 0.981. The van der Waals surface area contributed by atoms with E-state index in [4.69, 9.17) is 0 Å². The van der Waals surface area contributed by atoms with Crippen LogP contribution in [0.15, 0.2) is 210 Å². The number of allylic oxidation sites excluding steroid dienone is 11. The van der Waals surface area contributed by atoms with Crippen LogP contribution in [0.25, 0.3) is 22.3 Å². The molecule has 0 heterocycles. The molecule has 0 aromatic heterocycles. The Labute approximate surface area is 297 Å². The van der Waals surface area contributed by atoms with Crippen LogP contribution in [0.5, 0.6) is 0 Å². The molecule has 0 unspecified atom stereocenters. The Morgan fingerprint density at radius 1 is 0.360 bits per heavy atom. The summed E-state index contributed by atoms with van der Waals surface area (Å²) in [5.41, 5.74) is 15.4. The number of anilines is 3. The van der Waals surface area contributed by atoms with E-state index in [0.29, 0.717) is 0 Å². The fourth-order valence-corrected chi connectivity index (χ4v) is 7.33. The standard InChI is InChI=1S/C48H42N2/c1-5-13-37(14-6-1)39-21-29-46(30-22-39)50(47-31-23-40(24-32-47)38-15-7-2-8-16-38)48-35-27-42(28-36-48)41-25-33-45(34-26-41)49(43-17-9-3-10-18-43)44-19-11-4-12-20-44/h1-3,5-11,13-25,27,29-33,35H,4,12,26,28,34,36H2. The van der Waals surface area contributed by atoms with E-state index in [2.05, 4.69) is 192 Å². The van der Waals surface area contributed by atoms with E-state index in [0.717, 1.165) is 38.5 Å². The average molecular weight is 647 g/mol. The van der Waals surface area contributed by atoms with Crippen molar-refractivity contribution in [1.29, 1.82) is 0 Å². The third kappa shape index (κ3) is 6.84. The van der Waals surface area contributed by atoms with Crippen LogP contribution in [-0.2, 0) is 0 Å². The fraction of sp³-hybridized carbons (Fsp3) is 0.125. The zero-order chi connectivity index (χ0) is 33.5. The van der Waals surface area contributed by atoms with Crippen molar-refractivity contribution >= 4 is 17.1 Å². The van der Waals surface area contributed by atoms with Crippen molar-refractivity contribution in [3.8, 4) is 22.3 Å². The molecule has 3 aliphatic carbocycles. The van der Waals surface area contributed by atoms with Crippen molar-refractivity contribution in [3.63, 3.8) is 0 Å². The second-order valence-corrected chi connectivity index (χ2v) is 13.1. The first-order valence-corrected chi connectivity index (χ1v) is 17.9. The molecule has 0 saturated carbocycles. The average Bonchev–Trinajstić information content (AvgIpc) is 3.21. The highest BCUT2D eigenvalue weighted by molar-refractivity contribution is 5.75. The lowest BCUT2D eigenvalue weighted by Gasteiger charge is -2.33. The SMILES string of the molecule is C1=CC(N(C2=CC=C(C3=CC=C(N(c4ccc(-c5ccccc5)cc4)c4ccc(-c5ccccc5)cc4)CC3)CC2)c2ccccc2)=CCC1. The van der Waals surface area contributed by atoms with Crippen LogP contribution in [0.1, 0.15) is 38.5 Å². The minimum atomic E-state index is 0.981. The molecule has 0 N–H and O–H groups in total. The van der Waals surface area contributed by atoms with E-state index in [1.807, 2.05) is 0 Å². The molecule has 8 rings (SSSR count). The van der Waals surface area contributed by atoms with Crippen LogP contribution in [0.3, 0.4) is 0 Å². The first-order valence-electron chi connectivity index (χ1n) is 17.9. The molecule has 0 atom stereocenters. The highest BCUT2D eigenvalue weighted by Gasteiger charge is 2.22. The molecule has 0 amide bonds. The predicted octanol–water partition coefficient (Wildman–Crippen LogP) is 13.1. The Hall–Kier alpha value is -5.86. The summed E-state index contributed by atoms with van der Waals surface area (Å²) >= 11 is 0. The monoisotopic (exact) mass is 646 g/mol. The Bertz CT molecular complexity index is 2030. The smallest absolute Gasteiger partial charge is 0.0458 e. The maximum absolute atomic E-state index is 2.44. The Balaban J connectivity index is 1.09. The topological polar surface area (TPSA) is 6.48 Å². The number of hydrogen-bond donors (Lipinski definition) is 0. The van der Waals surface area contributed by atoms with E-state index in [1.165, 1.54) is 67.6 Å². The molecule has 0 aliphatic heterocycles. The first-order chi connectivity index (χ1) is 24.8. The van der Waals surface area contributed by atoms with Gasteiger partial charge in [0.2, 0.25) is 0 Å². The summed E-state index contributed by atoms with van der Waals surface area (Å²) in [5.74, 6) is 0. The molecule has 0 spiro atoms. The van der Waals surface area contributed by atoms with Crippen molar-refractivity contribution in [1.82, 2.24) is 0 Å². The largest absolute Gasteiger partial charge is 0.315 e. The van der Waals surface area contributed by atoms with E-state index >= 15 is 0 Å². The second-order valence-electron chi connectivity index (χ2n) is 13.1. The third-order valence-corrected chi connectivity index (χ3v) is 9.95. The van der Waals surface area contributed by atoms with E-state index in [1.54, 1.807) is 0 Å². The molecule has 244 valence electrons. The van der Waals surface area contributed by atoms with Gasteiger partial charge in [-0.25, -0.2) is 0 Å². The Kier molecular flexibility index (Phi) is 9.25. The van der Waals surface area contributed by atoms with Gasteiger partial charge in [-0.3, -0.25) is 0 Å². The van der Waals surface area contributed by atoms with Crippen molar-refractivity contribution in [2.24, 2.45) is 0 Å². The van der Waals surface area contributed by atoms with Crippen LogP contribution in [0.2, 0.25) is 0 Å². The van der Waals surface area contributed by atoms with Gasteiger partial charge in [0.1, 0.15) is 0 Å². The molecule has 0 fully saturated rings. The molecule has 3 aliphatic rings. The van der Waals surface area contributed by atoms with Gasteiger partial charge < -0.3 is 9.80 Å². The zero-order valence-electron chi connectivity index (χ0n) is 28.5. The molecule has 2 heteroatoms. The van der Waals surface area contributed by atoms with E-state index in [9.17, 15) is 0 Å². The Morgan fingerprint density at radius 3 is 1.24 bits per heavy atom. The van der Waals surface area contributed by atoms with Crippen molar-refractivity contribution in [3.05, 3.63) is 210 Å². The van der Waals surface area contributed by atoms with Crippen LogP contribution in [0, 0.1) is 0 Å². The molecule has 5 aromatic carbocycles. The summed E-state index contributed by atoms with van der Waals surface area (Å²) < 4.78 is 0. The van der Waals surface area contributed by atoms with Crippen molar-refractivity contribution in [2.45, 2.75) is 38.5 Å². The maximum Gasteiger partial charge on any atom is 0.0458 e. The zero-order valence-corrected chi connectivity index (χ0v) is 28.5. The summed E-state index contributed by atoms with van der Waals surface area (Å²) in [4.78, 5) is 4.88. The number of rotatable bonds is 9. The molecule has 0 saturated heterocycles. The highest BCUT2D eigenvalue weighted by atomic mass is 15.2.